The number of nitrogens with zero attached hydrogens (tertiary/aromatic N) is 3. The number of fused-ring (bicyclic) bond motifs is 3. The normalized spacial score (nSPS) is 12.8. The molecule has 0 saturated heterocycles. The van der Waals surface area contributed by atoms with Crippen LogP contribution in [0.15, 0.2) is 47.6 Å². The molecule has 1 N–H and O–H groups in total. The van der Waals surface area contributed by atoms with Crippen LogP contribution in [-0.4, -0.2) is 26.3 Å². The highest BCUT2D eigenvalue weighted by molar-refractivity contribution is 6.31. The Bertz CT molecular complexity index is 1090. The summed E-state index contributed by atoms with van der Waals surface area (Å²) in [6, 6.07) is 8.16. The molecule has 0 unspecified atom stereocenters. The molecule has 26 heavy (non-hydrogen) atoms. The van der Waals surface area contributed by atoms with Gasteiger partial charge in [0.25, 0.3) is 0 Å². The zero-order chi connectivity index (χ0) is 18.4. The number of imidazole rings is 1. The Morgan fingerprint density at radius 1 is 1.15 bits per heavy atom. The first-order valence-electron chi connectivity index (χ1n) is 7.56. The minimum absolute atomic E-state index is 0.0335. The van der Waals surface area contributed by atoms with Crippen LogP contribution in [0.1, 0.15) is 27.4 Å². The minimum Gasteiger partial charge on any atom is -0.476 e. The van der Waals surface area contributed by atoms with Crippen LogP contribution in [0.2, 0.25) is 5.02 Å². The lowest BCUT2D eigenvalue weighted by Gasteiger charge is -2.12. The summed E-state index contributed by atoms with van der Waals surface area (Å²) < 4.78 is 29.2. The van der Waals surface area contributed by atoms with Crippen molar-refractivity contribution in [3.63, 3.8) is 0 Å². The van der Waals surface area contributed by atoms with E-state index in [1.165, 1.54) is 12.3 Å². The van der Waals surface area contributed by atoms with Crippen molar-refractivity contribution in [2.45, 2.75) is 6.54 Å². The average Bonchev–Trinajstić information content (AvgIpc) is 2.95. The zero-order valence-electron chi connectivity index (χ0n) is 13.1. The van der Waals surface area contributed by atoms with Crippen LogP contribution in [0, 0.1) is 11.6 Å². The van der Waals surface area contributed by atoms with Crippen molar-refractivity contribution >= 4 is 23.3 Å². The third kappa shape index (κ3) is 2.66. The molecule has 0 saturated carbocycles. The quantitative estimate of drug-likeness (QED) is 0.741. The van der Waals surface area contributed by atoms with Gasteiger partial charge in [-0.2, -0.15) is 0 Å². The van der Waals surface area contributed by atoms with Crippen molar-refractivity contribution in [2.24, 2.45) is 4.99 Å². The lowest BCUT2D eigenvalue weighted by molar-refractivity contribution is 0.0691. The van der Waals surface area contributed by atoms with E-state index in [0.717, 1.165) is 12.1 Å². The number of carbonyl (C=O) groups is 1. The van der Waals surface area contributed by atoms with Gasteiger partial charge in [-0.3, -0.25) is 4.99 Å². The lowest BCUT2D eigenvalue weighted by Crippen LogP contribution is -2.09. The highest BCUT2D eigenvalue weighted by atomic mass is 35.5. The number of carboxylic acid groups (broad SMARTS) is 1. The van der Waals surface area contributed by atoms with Gasteiger partial charge >= 0.3 is 5.97 Å². The van der Waals surface area contributed by atoms with Crippen LogP contribution in [-0.2, 0) is 6.54 Å². The number of aromatic carboxylic acids is 1. The number of aromatic nitrogens is 2. The first kappa shape index (κ1) is 16.4. The molecule has 130 valence electrons. The molecule has 1 aliphatic rings. The summed E-state index contributed by atoms with van der Waals surface area (Å²) in [6.45, 7) is 0.0335. The van der Waals surface area contributed by atoms with Crippen LogP contribution < -0.4 is 0 Å². The van der Waals surface area contributed by atoms with Gasteiger partial charge < -0.3 is 9.67 Å². The summed E-state index contributed by atoms with van der Waals surface area (Å²) >= 11 is 6.10. The van der Waals surface area contributed by atoms with Crippen LogP contribution in [0.25, 0.3) is 5.69 Å². The van der Waals surface area contributed by atoms with E-state index < -0.39 is 17.6 Å². The van der Waals surface area contributed by atoms with Gasteiger partial charge in [0.15, 0.2) is 5.69 Å². The largest absolute Gasteiger partial charge is 0.476 e. The number of carboxylic acids is 1. The standard InChI is InChI=1S/C18H10ClF2N3O2/c19-9-1-4-15-12(5-9)17(11-3-2-10(20)6-13(11)21)22-7-16-23-14(18(25)26)8-24(15)16/h1-6,8H,7H2,(H,25,26). The summed E-state index contributed by atoms with van der Waals surface area (Å²) in [7, 11) is 0. The molecular formula is C18H10ClF2N3O2. The van der Waals surface area contributed by atoms with Gasteiger partial charge in [-0.05, 0) is 30.3 Å². The summed E-state index contributed by atoms with van der Waals surface area (Å²) in [5.74, 6) is -2.20. The lowest BCUT2D eigenvalue weighted by atomic mass is 10.00. The molecule has 3 aromatic rings. The molecule has 0 radical (unpaired) electrons. The predicted octanol–water partition coefficient (Wildman–Crippen LogP) is 3.85. The Morgan fingerprint density at radius 2 is 1.96 bits per heavy atom. The highest BCUT2D eigenvalue weighted by Gasteiger charge is 2.24. The van der Waals surface area contributed by atoms with E-state index in [1.54, 1.807) is 22.8 Å². The molecule has 0 fully saturated rings. The second-order valence-electron chi connectivity index (χ2n) is 5.67. The van der Waals surface area contributed by atoms with E-state index in [4.69, 9.17) is 11.6 Å². The van der Waals surface area contributed by atoms with Crippen molar-refractivity contribution < 1.29 is 18.7 Å². The molecule has 2 heterocycles. The summed E-state index contributed by atoms with van der Waals surface area (Å²) in [5, 5.41) is 9.57. The molecule has 8 heteroatoms. The maximum atomic E-state index is 14.3. The van der Waals surface area contributed by atoms with E-state index in [2.05, 4.69) is 9.98 Å². The Hall–Kier alpha value is -3.06. The molecule has 0 spiro atoms. The fourth-order valence-corrected chi connectivity index (χ4v) is 3.07. The fourth-order valence-electron chi connectivity index (χ4n) is 2.90. The number of hydrogen-bond acceptors (Lipinski definition) is 3. The monoisotopic (exact) mass is 373 g/mol. The Balaban J connectivity index is 1.97. The zero-order valence-corrected chi connectivity index (χ0v) is 13.8. The van der Waals surface area contributed by atoms with Gasteiger partial charge in [0, 0.05) is 28.4 Å². The third-order valence-electron chi connectivity index (χ3n) is 4.04. The van der Waals surface area contributed by atoms with Crippen molar-refractivity contribution in [1.82, 2.24) is 9.55 Å². The molecule has 1 aliphatic heterocycles. The predicted molar refractivity (Wildman–Crippen MR) is 91.2 cm³/mol. The van der Waals surface area contributed by atoms with Crippen LogP contribution >= 0.6 is 11.6 Å². The van der Waals surface area contributed by atoms with Gasteiger partial charge in [0.05, 0.1) is 17.9 Å². The minimum atomic E-state index is -1.16. The molecule has 2 aromatic carbocycles. The van der Waals surface area contributed by atoms with Gasteiger partial charge in [-0.15, -0.1) is 0 Å². The number of hydrogen-bond donors (Lipinski definition) is 1. The first-order valence-corrected chi connectivity index (χ1v) is 7.93. The Kier molecular flexibility index (Phi) is 3.81. The number of halogens is 3. The third-order valence-corrected chi connectivity index (χ3v) is 4.27. The van der Waals surface area contributed by atoms with E-state index in [0.29, 0.717) is 27.8 Å². The van der Waals surface area contributed by atoms with Gasteiger partial charge in [-0.25, -0.2) is 18.6 Å². The van der Waals surface area contributed by atoms with Gasteiger partial charge in [0.2, 0.25) is 0 Å². The van der Waals surface area contributed by atoms with E-state index in [9.17, 15) is 18.7 Å². The first-order chi connectivity index (χ1) is 12.4. The number of benzene rings is 2. The van der Waals surface area contributed by atoms with Crippen LogP contribution in [0.3, 0.4) is 0 Å². The second kappa shape index (κ2) is 6.03. The van der Waals surface area contributed by atoms with E-state index in [-0.39, 0.29) is 17.8 Å². The summed E-state index contributed by atoms with van der Waals surface area (Å²) in [6.07, 6.45) is 1.38. The van der Waals surface area contributed by atoms with Crippen LogP contribution in [0.4, 0.5) is 8.78 Å². The molecule has 4 rings (SSSR count). The SMILES string of the molecule is O=C(O)c1cn2c(n1)CN=C(c1ccc(F)cc1F)c1cc(Cl)ccc1-2. The topological polar surface area (TPSA) is 67.5 Å². The molecule has 0 aliphatic carbocycles. The molecule has 0 amide bonds. The Morgan fingerprint density at radius 3 is 2.69 bits per heavy atom. The van der Waals surface area contributed by atoms with Crippen molar-refractivity contribution in [3.8, 4) is 5.69 Å². The van der Waals surface area contributed by atoms with Gasteiger partial charge in [-0.1, -0.05) is 11.6 Å². The molecule has 0 bridgehead atoms. The molecule has 0 atom stereocenters. The van der Waals surface area contributed by atoms with Crippen molar-refractivity contribution in [2.75, 3.05) is 0 Å². The van der Waals surface area contributed by atoms with E-state index >= 15 is 0 Å². The summed E-state index contributed by atoms with van der Waals surface area (Å²) in [5.41, 5.74) is 1.36. The van der Waals surface area contributed by atoms with Crippen LogP contribution in [0.5, 0.6) is 0 Å². The van der Waals surface area contributed by atoms with Gasteiger partial charge in [0.1, 0.15) is 17.5 Å². The van der Waals surface area contributed by atoms with Crippen molar-refractivity contribution in [1.29, 1.82) is 0 Å². The molecule has 1 aromatic heterocycles. The maximum Gasteiger partial charge on any atom is 0.356 e. The summed E-state index contributed by atoms with van der Waals surface area (Å²) in [4.78, 5) is 19.7. The smallest absolute Gasteiger partial charge is 0.356 e. The van der Waals surface area contributed by atoms with Crippen molar-refractivity contribution in [3.05, 3.63) is 81.9 Å². The Labute approximate surface area is 151 Å². The molecular weight excluding hydrogens is 364 g/mol. The highest BCUT2D eigenvalue weighted by Crippen LogP contribution is 2.29. The maximum absolute atomic E-state index is 14.3. The van der Waals surface area contributed by atoms with E-state index in [1.807, 2.05) is 0 Å². The number of aliphatic imine (C=N–C) groups is 1. The fraction of sp³-hybridized carbons (Fsp3) is 0.0556. The average molecular weight is 374 g/mol. The molecule has 5 nitrogen and oxygen atoms in total. The second-order valence-corrected chi connectivity index (χ2v) is 6.10. The number of rotatable bonds is 2.